The van der Waals surface area contributed by atoms with Crippen LogP contribution in [0.2, 0.25) is 0 Å². The Morgan fingerprint density at radius 1 is 1.39 bits per heavy atom. The lowest BCUT2D eigenvalue weighted by molar-refractivity contribution is 0.0386. The Morgan fingerprint density at radius 2 is 2.11 bits per heavy atom. The molecule has 0 aliphatic carbocycles. The number of nitrogens with one attached hydrogen (secondary N) is 1. The molecule has 1 aliphatic rings. The van der Waals surface area contributed by atoms with E-state index < -0.39 is 0 Å². The zero-order chi connectivity index (χ0) is 13.0. The van der Waals surface area contributed by atoms with E-state index >= 15 is 0 Å². The molecule has 0 amide bonds. The molecular formula is C14H24N2O2. The van der Waals surface area contributed by atoms with Crippen LogP contribution in [0.5, 0.6) is 0 Å². The second-order valence-electron chi connectivity index (χ2n) is 5.11. The first-order valence-electron chi connectivity index (χ1n) is 6.71. The zero-order valence-electron chi connectivity index (χ0n) is 11.7. The van der Waals surface area contributed by atoms with Crippen molar-refractivity contribution in [3.63, 3.8) is 0 Å². The summed E-state index contributed by atoms with van der Waals surface area (Å²) < 4.78 is 11.3. The molecule has 102 valence electrons. The quantitative estimate of drug-likeness (QED) is 0.869. The van der Waals surface area contributed by atoms with Crippen molar-refractivity contribution in [3.05, 3.63) is 23.2 Å². The molecule has 0 atom stereocenters. The number of hydrogen-bond donors (Lipinski definition) is 1. The van der Waals surface area contributed by atoms with Crippen molar-refractivity contribution in [2.24, 2.45) is 0 Å². The van der Waals surface area contributed by atoms with Crippen LogP contribution in [0.15, 0.2) is 10.5 Å². The van der Waals surface area contributed by atoms with Crippen LogP contribution in [0.1, 0.15) is 29.9 Å². The Morgan fingerprint density at radius 3 is 2.78 bits per heavy atom. The lowest BCUT2D eigenvalue weighted by Crippen LogP contribution is -2.36. The predicted octanol–water partition coefficient (Wildman–Crippen LogP) is 1.92. The minimum absolute atomic E-state index is 0.622. The van der Waals surface area contributed by atoms with E-state index in [0.717, 1.165) is 50.7 Å². The average molecular weight is 252 g/mol. The summed E-state index contributed by atoms with van der Waals surface area (Å²) in [4.78, 5) is 2.38. The SMILES string of the molecule is CNCc1oc(CN(C)C2CCOCC2)cc1C. The molecule has 18 heavy (non-hydrogen) atoms. The molecule has 1 saturated heterocycles. The van der Waals surface area contributed by atoms with Crippen molar-refractivity contribution in [2.45, 2.75) is 38.9 Å². The molecule has 0 spiro atoms. The van der Waals surface area contributed by atoms with Gasteiger partial charge in [0.25, 0.3) is 0 Å². The minimum Gasteiger partial charge on any atom is -0.463 e. The topological polar surface area (TPSA) is 37.6 Å². The van der Waals surface area contributed by atoms with E-state index in [0.29, 0.717) is 6.04 Å². The minimum atomic E-state index is 0.622. The Labute approximate surface area is 109 Å². The zero-order valence-corrected chi connectivity index (χ0v) is 11.7. The summed E-state index contributed by atoms with van der Waals surface area (Å²) in [6.45, 7) is 5.56. The van der Waals surface area contributed by atoms with Crippen molar-refractivity contribution in [1.29, 1.82) is 0 Å². The second kappa shape index (κ2) is 6.36. The maximum Gasteiger partial charge on any atom is 0.120 e. The van der Waals surface area contributed by atoms with Crippen LogP contribution in [-0.2, 0) is 17.8 Å². The lowest BCUT2D eigenvalue weighted by atomic mass is 10.1. The van der Waals surface area contributed by atoms with Crippen molar-refractivity contribution in [3.8, 4) is 0 Å². The number of nitrogens with zero attached hydrogens (tertiary/aromatic N) is 1. The van der Waals surface area contributed by atoms with E-state index in [4.69, 9.17) is 9.15 Å². The van der Waals surface area contributed by atoms with Gasteiger partial charge in [0.05, 0.1) is 13.1 Å². The number of aryl methyl sites for hydroxylation is 1. The van der Waals surface area contributed by atoms with Gasteiger partial charge in [0, 0.05) is 19.3 Å². The largest absolute Gasteiger partial charge is 0.463 e. The molecule has 0 unspecified atom stereocenters. The van der Waals surface area contributed by atoms with Gasteiger partial charge in [-0.3, -0.25) is 4.90 Å². The summed E-state index contributed by atoms with van der Waals surface area (Å²) in [7, 11) is 4.11. The van der Waals surface area contributed by atoms with Gasteiger partial charge >= 0.3 is 0 Å². The van der Waals surface area contributed by atoms with E-state index in [1.165, 1.54) is 5.56 Å². The molecule has 0 radical (unpaired) electrons. The fourth-order valence-corrected chi connectivity index (χ4v) is 2.50. The van der Waals surface area contributed by atoms with E-state index in [1.54, 1.807) is 0 Å². The van der Waals surface area contributed by atoms with E-state index in [-0.39, 0.29) is 0 Å². The molecule has 1 aromatic heterocycles. The highest BCUT2D eigenvalue weighted by atomic mass is 16.5. The molecule has 0 aromatic carbocycles. The Bertz CT molecular complexity index is 370. The fraction of sp³-hybridized carbons (Fsp3) is 0.714. The molecule has 4 heteroatoms. The summed E-state index contributed by atoms with van der Waals surface area (Å²) in [5.74, 6) is 2.11. The van der Waals surface area contributed by atoms with Gasteiger partial charge in [-0.05, 0) is 45.5 Å². The van der Waals surface area contributed by atoms with Gasteiger partial charge in [-0.2, -0.15) is 0 Å². The van der Waals surface area contributed by atoms with Gasteiger partial charge in [0.2, 0.25) is 0 Å². The molecule has 1 aliphatic heterocycles. The number of hydrogen-bond acceptors (Lipinski definition) is 4. The van der Waals surface area contributed by atoms with Gasteiger partial charge in [-0.15, -0.1) is 0 Å². The molecule has 0 bridgehead atoms. The Balaban J connectivity index is 1.93. The third-order valence-corrected chi connectivity index (χ3v) is 3.63. The number of furan rings is 1. The third kappa shape index (κ3) is 3.34. The van der Waals surface area contributed by atoms with Crippen LogP contribution < -0.4 is 5.32 Å². The first-order valence-corrected chi connectivity index (χ1v) is 6.71. The highest BCUT2D eigenvalue weighted by Gasteiger charge is 2.19. The molecule has 2 heterocycles. The summed E-state index contributed by atoms with van der Waals surface area (Å²) in [5.41, 5.74) is 1.24. The summed E-state index contributed by atoms with van der Waals surface area (Å²) in [6.07, 6.45) is 2.25. The van der Waals surface area contributed by atoms with E-state index in [2.05, 4.69) is 30.3 Å². The smallest absolute Gasteiger partial charge is 0.120 e. The highest BCUT2D eigenvalue weighted by Crippen LogP contribution is 2.19. The van der Waals surface area contributed by atoms with Crippen LogP contribution in [0.3, 0.4) is 0 Å². The maximum absolute atomic E-state index is 5.88. The van der Waals surface area contributed by atoms with Crippen molar-refractivity contribution in [2.75, 3.05) is 27.3 Å². The van der Waals surface area contributed by atoms with Crippen LogP contribution in [0.25, 0.3) is 0 Å². The van der Waals surface area contributed by atoms with Gasteiger partial charge in [0.15, 0.2) is 0 Å². The normalized spacial score (nSPS) is 17.6. The molecule has 4 nitrogen and oxygen atoms in total. The second-order valence-corrected chi connectivity index (χ2v) is 5.11. The molecule has 0 saturated carbocycles. The standard InChI is InChI=1S/C14H24N2O2/c1-11-8-13(18-14(11)9-15-2)10-16(3)12-4-6-17-7-5-12/h8,12,15H,4-7,9-10H2,1-3H3. The number of ether oxygens (including phenoxy) is 1. The van der Waals surface area contributed by atoms with Crippen LogP contribution in [0.4, 0.5) is 0 Å². The van der Waals surface area contributed by atoms with Crippen LogP contribution >= 0.6 is 0 Å². The van der Waals surface area contributed by atoms with Gasteiger partial charge in [-0.1, -0.05) is 0 Å². The first-order chi connectivity index (χ1) is 8.70. The Hall–Kier alpha value is -0.840. The van der Waals surface area contributed by atoms with Crippen molar-refractivity contribution in [1.82, 2.24) is 10.2 Å². The fourth-order valence-electron chi connectivity index (χ4n) is 2.50. The van der Waals surface area contributed by atoms with Crippen LogP contribution in [0, 0.1) is 6.92 Å². The summed E-state index contributed by atoms with van der Waals surface area (Å²) >= 11 is 0. The predicted molar refractivity (Wildman–Crippen MR) is 71.5 cm³/mol. The maximum atomic E-state index is 5.88. The van der Waals surface area contributed by atoms with Crippen LogP contribution in [-0.4, -0.2) is 38.3 Å². The van der Waals surface area contributed by atoms with Crippen molar-refractivity contribution < 1.29 is 9.15 Å². The lowest BCUT2D eigenvalue weighted by Gasteiger charge is -2.30. The summed E-state index contributed by atoms with van der Waals surface area (Å²) in [5, 5.41) is 3.13. The monoisotopic (exact) mass is 252 g/mol. The van der Waals surface area contributed by atoms with E-state index in [9.17, 15) is 0 Å². The molecule has 1 fully saturated rings. The Kier molecular flexibility index (Phi) is 4.80. The van der Waals surface area contributed by atoms with E-state index in [1.807, 2.05) is 7.05 Å². The molecular weight excluding hydrogens is 228 g/mol. The molecule has 1 aromatic rings. The summed E-state index contributed by atoms with van der Waals surface area (Å²) in [6, 6.07) is 2.78. The third-order valence-electron chi connectivity index (χ3n) is 3.63. The molecule has 2 rings (SSSR count). The average Bonchev–Trinajstić information content (AvgIpc) is 2.71. The van der Waals surface area contributed by atoms with Gasteiger partial charge < -0.3 is 14.5 Å². The highest BCUT2D eigenvalue weighted by molar-refractivity contribution is 5.20. The van der Waals surface area contributed by atoms with Gasteiger partial charge in [0.1, 0.15) is 11.5 Å². The molecule has 1 N–H and O–H groups in total. The number of rotatable bonds is 5. The van der Waals surface area contributed by atoms with Crippen molar-refractivity contribution >= 4 is 0 Å². The first kappa shape index (κ1) is 13.6. The van der Waals surface area contributed by atoms with Gasteiger partial charge in [-0.25, -0.2) is 0 Å².